The number of piperazine rings is 1. The molecule has 10 nitrogen and oxygen atoms in total. The number of nitro groups is 1. The number of non-ortho nitro benzene ring substituents is 1. The number of amides is 2. The maximum Gasteiger partial charge on any atom is 0.321 e. The zero-order chi connectivity index (χ0) is 20.4. The van der Waals surface area contributed by atoms with Gasteiger partial charge >= 0.3 is 6.03 Å². The van der Waals surface area contributed by atoms with Crippen molar-refractivity contribution in [2.24, 2.45) is 0 Å². The van der Waals surface area contributed by atoms with E-state index >= 15 is 0 Å². The molecule has 0 spiro atoms. The molecule has 4 rings (SSSR count). The fourth-order valence-electron chi connectivity index (χ4n) is 3.21. The Kier molecular flexibility index (Phi) is 5.23. The predicted molar refractivity (Wildman–Crippen MR) is 108 cm³/mol. The molecule has 0 aliphatic carbocycles. The number of urea groups is 1. The first kappa shape index (κ1) is 19.0. The lowest BCUT2D eigenvalue weighted by molar-refractivity contribution is -0.384. The number of nitro benzene ring substituents is 1. The van der Waals surface area contributed by atoms with Crippen molar-refractivity contribution in [3.05, 3.63) is 68.1 Å². The molecular formula is C18H18N6O4S. The number of carbonyl (C=O) groups excluding carboxylic acids is 1. The molecule has 3 heterocycles. The highest BCUT2D eigenvalue weighted by Crippen LogP contribution is 2.18. The Morgan fingerprint density at radius 3 is 2.79 bits per heavy atom. The number of nitrogens with one attached hydrogen (secondary N) is 1. The van der Waals surface area contributed by atoms with E-state index in [0.29, 0.717) is 49.1 Å². The maximum atomic E-state index is 12.4. The summed E-state index contributed by atoms with van der Waals surface area (Å²) < 4.78 is 1.52. The molecule has 29 heavy (non-hydrogen) atoms. The van der Waals surface area contributed by atoms with Gasteiger partial charge in [0.15, 0.2) is 4.96 Å². The summed E-state index contributed by atoms with van der Waals surface area (Å²) in [5.74, 6) is 0. The van der Waals surface area contributed by atoms with Crippen LogP contribution in [0.15, 0.2) is 46.7 Å². The Morgan fingerprint density at radius 2 is 2.03 bits per heavy atom. The topological polar surface area (TPSA) is 113 Å². The molecule has 0 unspecified atom stereocenters. The standard InChI is InChI=1S/C18H18N6O4S/c25-16-11-14(20-18-23(16)8-9-29-18)12-21-4-6-22(7-5-21)17(26)19-13-2-1-3-15(10-13)24(27)28/h1-3,8-11H,4-7,12H2,(H,19,26). The highest BCUT2D eigenvalue weighted by molar-refractivity contribution is 7.15. The lowest BCUT2D eigenvalue weighted by Gasteiger charge is -2.34. The van der Waals surface area contributed by atoms with Crippen LogP contribution >= 0.6 is 11.3 Å². The summed E-state index contributed by atoms with van der Waals surface area (Å²) in [6, 6.07) is 7.11. The van der Waals surface area contributed by atoms with Gasteiger partial charge in [0.25, 0.3) is 11.2 Å². The number of anilines is 1. The number of carbonyl (C=O) groups is 1. The average molecular weight is 414 g/mol. The molecule has 1 aliphatic heterocycles. The Morgan fingerprint density at radius 1 is 1.24 bits per heavy atom. The van der Waals surface area contributed by atoms with Gasteiger partial charge in [-0.2, -0.15) is 0 Å². The van der Waals surface area contributed by atoms with Gasteiger partial charge < -0.3 is 10.2 Å². The number of rotatable bonds is 4. The Balaban J connectivity index is 1.34. The van der Waals surface area contributed by atoms with Crippen LogP contribution < -0.4 is 10.9 Å². The van der Waals surface area contributed by atoms with E-state index < -0.39 is 4.92 Å². The van der Waals surface area contributed by atoms with Crippen LogP contribution in [0.2, 0.25) is 0 Å². The van der Waals surface area contributed by atoms with E-state index in [0.717, 1.165) is 0 Å². The van der Waals surface area contributed by atoms with Crippen LogP contribution in [0.4, 0.5) is 16.2 Å². The molecule has 1 saturated heterocycles. The SMILES string of the molecule is O=C(Nc1cccc([N+](=O)[O-])c1)N1CCN(Cc2cc(=O)n3ccsc3n2)CC1. The minimum absolute atomic E-state index is 0.0706. The third kappa shape index (κ3) is 4.25. The quantitative estimate of drug-likeness (QED) is 0.516. The monoisotopic (exact) mass is 414 g/mol. The lowest BCUT2D eigenvalue weighted by atomic mass is 10.2. The Bertz CT molecular complexity index is 1120. The summed E-state index contributed by atoms with van der Waals surface area (Å²) in [6.07, 6.45) is 1.71. The highest BCUT2D eigenvalue weighted by atomic mass is 32.1. The van der Waals surface area contributed by atoms with Crippen molar-refractivity contribution in [1.82, 2.24) is 19.2 Å². The second-order valence-electron chi connectivity index (χ2n) is 6.64. The molecule has 0 radical (unpaired) electrons. The minimum Gasteiger partial charge on any atom is -0.322 e. The van der Waals surface area contributed by atoms with E-state index in [9.17, 15) is 19.7 Å². The fourth-order valence-corrected chi connectivity index (χ4v) is 3.95. The summed E-state index contributed by atoms with van der Waals surface area (Å²) >= 11 is 1.42. The molecule has 1 aliphatic rings. The number of hydrogen-bond acceptors (Lipinski definition) is 7. The number of fused-ring (bicyclic) bond motifs is 1. The maximum absolute atomic E-state index is 12.4. The van der Waals surface area contributed by atoms with E-state index in [1.165, 1.54) is 33.9 Å². The molecule has 2 aromatic heterocycles. The van der Waals surface area contributed by atoms with E-state index in [2.05, 4.69) is 15.2 Å². The summed E-state index contributed by atoms with van der Waals surface area (Å²) in [4.78, 5) is 43.9. The van der Waals surface area contributed by atoms with E-state index in [-0.39, 0.29) is 17.3 Å². The van der Waals surface area contributed by atoms with Crippen molar-refractivity contribution >= 4 is 33.7 Å². The van der Waals surface area contributed by atoms with Crippen molar-refractivity contribution in [2.45, 2.75) is 6.54 Å². The van der Waals surface area contributed by atoms with Crippen molar-refractivity contribution < 1.29 is 9.72 Å². The van der Waals surface area contributed by atoms with Crippen LogP contribution in [0, 0.1) is 10.1 Å². The number of hydrogen-bond donors (Lipinski definition) is 1. The predicted octanol–water partition coefficient (Wildman–Crippen LogP) is 2.01. The van der Waals surface area contributed by atoms with E-state index in [1.54, 1.807) is 23.2 Å². The first-order valence-corrected chi connectivity index (χ1v) is 9.86. The molecule has 1 aromatic carbocycles. The number of nitrogens with zero attached hydrogens (tertiary/aromatic N) is 5. The molecule has 2 amide bonds. The normalized spacial score (nSPS) is 14.8. The third-order valence-corrected chi connectivity index (χ3v) is 5.47. The lowest BCUT2D eigenvalue weighted by Crippen LogP contribution is -2.49. The Hall–Kier alpha value is -3.31. The van der Waals surface area contributed by atoms with Crippen LogP contribution in [-0.2, 0) is 6.54 Å². The van der Waals surface area contributed by atoms with Gasteiger partial charge in [-0.15, -0.1) is 11.3 Å². The van der Waals surface area contributed by atoms with Crippen LogP contribution in [-0.4, -0.2) is 56.3 Å². The van der Waals surface area contributed by atoms with Gasteiger partial charge in [0.05, 0.1) is 10.6 Å². The van der Waals surface area contributed by atoms with Crippen molar-refractivity contribution in [2.75, 3.05) is 31.5 Å². The van der Waals surface area contributed by atoms with Gasteiger partial charge in [-0.25, -0.2) is 9.78 Å². The van der Waals surface area contributed by atoms with E-state index in [1.807, 2.05) is 5.38 Å². The zero-order valence-corrected chi connectivity index (χ0v) is 16.2. The van der Waals surface area contributed by atoms with Crippen LogP contribution in [0.25, 0.3) is 4.96 Å². The van der Waals surface area contributed by atoms with Gasteiger partial charge in [-0.1, -0.05) is 6.07 Å². The molecule has 3 aromatic rings. The first-order valence-electron chi connectivity index (χ1n) is 8.98. The van der Waals surface area contributed by atoms with Gasteiger partial charge in [-0.05, 0) is 6.07 Å². The smallest absolute Gasteiger partial charge is 0.321 e. The molecule has 0 atom stereocenters. The number of aromatic nitrogens is 2. The molecular weight excluding hydrogens is 396 g/mol. The van der Waals surface area contributed by atoms with Gasteiger partial charge in [-0.3, -0.25) is 24.2 Å². The molecule has 0 bridgehead atoms. The number of thiazole rings is 1. The molecule has 0 saturated carbocycles. The molecule has 150 valence electrons. The van der Waals surface area contributed by atoms with Crippen LogP contribution in [0.5, 0.6) is 0 Å². The van der Waals surface area contributed by atoms with Crippen molar-refractivity contribution in [1.29, 1.82) is 0 Å². The Labute approximate surface area is 169 Å². The highest BCUT2D eigenvalue weighted by Gasteiger charge is 2.22. The summed E-state index contributed by atoms with van der Waals surface area (Å²) in [5.41, 5.74) is 0.937. The first-order chi connectivity index (χ1) is 14.0. The van der Waals surface area contributed by atoms with Gasteiger partial charge in [0.2, 0.25) is 0 Å². The van der Waals surface area contributed by atoms with E-state index in [4.69, 9.17) is 0 Å². The molecule has 1 fully saturated rings. The van der Waals surface area contributed by atoms with Crippen molar-refractivity contribution in [3.8, 4) is 0 Å². The number of benzene rings is 1. The molecule has 1 N–H and O–H groups in total. The zero-order valence-electron chi connectivity index (χ0n) is 15.4. The second kappa shape index (κ2) is 7.97. The van der Waals surface area contributed by atoms with Crippen molar-refractivity contribution in [3.63, 3.8) is 0 Å². The second-order valence-corrected chi connectivity index (χ2v) is 7.52. The van der Waals surface area contributed by atoms with Gasteiger partial charge in [0, 0.05) is 68.2 Å². The summed E-state index contributed by atoms with van der Waals surface area (Å²) in [6.45, 7) is 2.87. The fraction of sp³-hybridized carbons (Fsp3) is 0.278. The third-order valence-electron chi connectivity index (χ3n) is 4.71. The molecule has 11 heteroatoms. The average Bonchev–Trinajstić information content (AvgIpc) is 3.18. The summed E-state index contributed by atoms with van der Waals surface area (Å²) in [5, 5.41) is 15.4. The minimum atomic E-state index is -0.498. The van der Waals surface area contributed by atoms with Crippen LogP contribution in [0.3, 0.4) is 0 Å². The summed E-state index contributed by atoms with van der Waals surface area (Å²) in [7, 11) is 0. The largest absolute Gasteiger partial charge is 0.322 e. The van der Waals surface area contributed by atoms with Gasteiger partial charge in [0.1, 0.15) is 0 Å². The van der Waals surface area contributed by atoms with Crippen LogP contribution in [0.1, 0.15) is 5.69 Å².